The zero-order valence-corrected chi connectivity index (χ0v) is 10.2. The Morgan fingerprint density at radius 2 is 1.73 bits per heavy atom. The van der Waals surface area contributed by atoms with Gasteiger partial charge in [-0.1, -0.05) is 13.8 Å². The summed E-state index contributed by atoms with van der Waals surface area (Å²) in [7, 11) is 0. The fourth-order valence-electron chi connectivity index (χ4n) is 3.11. The Bertz CT molecular complexity index is 197. The first-order chi connectivity index (χ1) is 7.16. The molecule has 0 aromatic heterocycles. The van der Waals surface area contributed by atoms with Crippen molar-refractivity contribution in [1.29, 1.82) is 0 Å². The smallest absolute Gasteiger partial charge is 0.0541 e. The summed E-state index contributed by atoms with van der Waals surface area (Å²) in [5.74, 6) is 1.75. The first kappa shape index (κ1) is 11.4. The number of nitrogens with zero attached hydrogens (tertiary/aromatic N) is 1. The summed E-state index contributed by atoms with van der Waals surface area (Å²) in [6, 6.07) is 0.775. The summed E-state index contributed by atoms with van der Waals surface area (Å²) in [6.07, 6.45) is 5.85. The SMILES string of the molecule is CC(C)C1CCN(C2CCC(O)CC2)C1. The molecule has 1 aliphatic heterocycles. The molecule has 1 N–H and O–H groups in total. The summed E-state index contributed by atoms with van der Waals surface area (Å²) in [4.78, 5) is 2.68. The standard InChI is InChI=1S/C13H25NO/c1-10(2)11-7-8-14(9-11)12-3-5-13(15)6-4-12/h10-13,15H,3-9H2,1-2H3. The van der Waals surface area contributed by atoms with E-state index in [4.69, 9.17) is 0 Å². The van der Waals surface area contributed by atoms with Crippen molar-refractivity contribution in [3.63, 3.8) is 0 Å². The Hall–Kier alpha value is -0.0800. The molecule has 2 heteroatoms. The molecule has 1 saturated carbocycles. The molecule has 88 valence electrons. The van der Waals surface area contributed by atoms with Gasteiger partial charge < -0.3 is 10.0 Å². The topological polar surface area (TPSA) is 23.5 Å². The minimum Gasteiger partial charge on any atom is -0.393 e. The second kappa shape index (κ2) is 4.84. The second-order valence-electron chi connectivity index (χ2n) is 5.75. The van der Waals surface area contributed by atoms with Gasteiger partial charge in [-0.3, -0.25) is 0 Å². The van der Waals surface area contributed by atoms with E-state index in [1.54, 1.807) is 0 Å². The van der Waals surface area contributed by atoms with Crippen LogP contribution in [0.4, 0.5) is 0 Å². The van der Waals surface area contributed by atoms with E-state index in [0.717, 1.165) is 30.7 Å². The molecule has 0 bridgehead atoms. The molecule has 0 aromatic rings. The fraction of sp³-hybridized carbons (Fsp3) is 1.00. The van der Waals surface area contributed by atoms with Gasteiger partial charge in [-0.05, 0) is 50.5 Å². The van der Waals surface area contributed by atoms with Crippen LogP contribution in [0.25, 0.3) is 0 Å². The minimum absolute atomic E-state index is 0.00949. The Balaban J connectivity index is 1.80. The highest BCUT2D eigenvalue weighted by atomic mass is 16.3. The van der Waals surface area contributed by atoms with Crippen LogP contribution in [0.2, 0.25) is 0 Å². The maximum absolute atomic E-state index is 9.49. The summed E-state index contributed by atoms with van der Waals surface area (Å²) in [6.45, 7) is 7.29. The van der Waals surface area contributed by atoms with Crippen LogP contribution < -0.4 is 0 Å². The van der Waals surface area contributed by atoms with Crippen LogP contribution >= 0.6 is 0 Å². The Morgan fingerprint density at radius 3 is 2.27 bits per heavy atom. The van der Waals surface area contributed by atoms with Crippen molar-refractivity contribution >= 4 is 0 Å². The van der Waals surface area contributed by atoms with E-state index in [1.165, 1.54) is 32.4 Å². The van der Waals surface area contributed by atoms with Crippen LogP contribution in [-0.2, 0) is 0 Å². The maximum atomic E-state index is 9.49. The molecular formula is C13H25NO. The van der Waals surface area contributed by atoms with Gasteiger partial charge in [-0.25, -0.2) is 0 Å². The van der Waals surface area contributed by atoms with Crippen molar-refractivity contribution in [3.05, 3.63) is 0 Å². The van der Waals surface area contributed by atoms with Gasteiger partial charge in [0.05, 0.1) is 6.10 Å². The van der Waals surface area contributed by atoms with E-state index < -0.39 is 0 Å². The monoisotopic (exact) mass is 211 g/mol. The van der Waals surface area contributed by atoms with E-state index in [9.17, 15) is 5.11 Å². The van der Waals surface area contributed by atoms with Crippen LogP contribution in [0.5, 0.6) is 0 Å². The van der Waals surface area contributed by atoms with Crippen molar-refractivity contribution in [3.8, 4) is 0 Å². The van der Waals surface area contributed by atoms with Gasteiger partial charge in [0.25, 0.3) is 0 Å². The van der Waals surface area contributed by atoms with Gasteiger partial charge in [0, 0.05) is 12.6 Å². The third-order valence-electron chi connectivity index (χ3n) is 4.38. The average molecular weight is 211 g/mol. The molecule has 15 heavy (non-hydrogen) atoms. The minimum atomic E-state index is -0.00949. The molecular weight excluding hydrogens is 186 g/mol. The van der Waals surface area contributed by atoms with Crippen molar-refractivity contribution in [2.24, 2.45) is 11.8 Å². The lowest BCUT2D eigenvalue weighted by Gasteiger charge is -2.33. The predicted molar refractivity (Wildman–Crippen MR) is 62.8 cm³/mol. The van der Waals surface area contributed by atoms with Gasteiger partial charge in [0.1, 0.15) is 0 Å². The van der Waals surface area contributed by atoms with Crippen LogP contribution in [0, 0.1) is 11.8 Å². The van der Waals surface area contributed by atoms with Crippen molar-refractivity contribution < 1.29 is 5.11 Å². The van der Waals surface area contributed by atoms with Gasteiger partial charge >= 0.3 is 0 Å². The number of likely N-dealkylation sites (tertiary alicyclic amines) is 1. The molecule has 1 atom stereocenters. The fourth-order valence-corrected chi connectivity index (χ4v) is 3.11. The van der Waals surface area contributed by atoms with E-state index in [2.05, 4.69) is 18.7 Å². The summed E-state index contributed by atoms with van der Waals surface area (Å²) >= 11 is 0. The molecule has 1 saturated heterocycles. The molecule has 2 rings (SSSR count). The zero-order chi connectivity index (χ0) is 10.8. The third kappa shape index (κ3) is 2.73. The van der Waals surface area contributed by atoms with Crippen LogP contribution in [-0.4, -0.2) is 35.2 Å². The normalized spacial score (nSPS) is 38.8. The predicted octanol–water partition coefficient (Wildman–Crippen LogP) is 2.27. The molecule has 1 unspecified atom stereocenters. The molecule has 0 spiro atoms. The van der Waals surface area contributed by atoms with Crippen LogP contribution in [0.15, 0.2) is 0 Å². The van der Waals surface area contributed by atoms with Gasteiger partial charge in [-0.15, -0.1) is 0 Å². The maximum Gasteiger partial charge on any atom is 0.0541 e. The average Bonchev–Trinajstić information content (AvgIpc) is 2.68. The van der Waals surface area contributed by atoms with Crippen molar-refractivity contribution in [2.45, 2.75) is 58.1 Å². The van der Waals surface area contributed by atoms with Gasteiger partial charge in [0.15, 0.2) is 0 Å². The van der Waals surface area contributed by atoms with Crippen molar-refractivity contribution in [2.75, 3.05) is 13.1 Å². The lowest BCUT2D eigenvalue weighted by Crippen LogP contribution is -2.37. The second-order valence-corrected chi connectivity index (χ2v) is 5.75. The van der Waals surface area contributed by atoms with Crippen LogP contribution in [0.1, 0.15) is 46.0 Å². The Kier molecular flexibility index (Phi) is 3.68. The molecule has 2 nitrogen and oxygen atoms in total. The van der Waals surface area contributed by atoms with E-state index >= 15 is 0 Å². The molecule has 2 fully saturated rings. The van der Waals surface area contributed by atoms with Crippen molar-refractivity contribution in [1.82, 2.24) is 4.90 Å². The number of rotatable bonds is 2. The molecule has 2 aliphatic rings. The highest BCUT2D eigenvalue weighted by molar-refractivity contribution is 4.85. The number of aliphatic hydroxyl groups is 1. The third-order valence-corrected chi connectivity index (χ3v) is 4.38. The van der Waals surface area contributed by atoms with Gasteiger partial charge in [0.2, 0.25) is 0 Å². The van der Waals surface area contributed by atoms with Crippen LogP contribution in [0.3, 0.4) is 0 Å². The van der Waals surface area contributed by atoms with E-state index in [-0.39, 0.29) is 6.10 Å². The first-order valence-corrected chi connectivity index (χ1v) is 6.59. The largest absolute Gasteiger partial charge is 0.393 e. The molecule has 1 aliphatic carbocycles. The Morgan fingerprint density at radius 1 is 1.07 bits per heavy atom. The zero-order valence-electron chi connectivity index (χ0n) is 10.2. The molecule has 0 amide bonds. The lowest BCUT2D eigenvalue weighted by molar-refractivity contribution is 0.0813. The highest BCUT2D eigenvalue weighted by Gasteiger charge is 2.31. The lowest BCUT2D eigenvalue weighted by atomic mass is 9.92. The first-order valence-electron chi connectivity index (χ1n) is 6.59. The Labute approximate surface area is 93.7 Å². The quantitative estimate of drug-likeness (QED) is 0.757. The number of hydrogen-bond acceptors (Lipinski definition) is 2. The van der Waals surface area contributed by atoms with E-state index in [0.29, 0.717) is 0 Å². The summed E-state index contributed by atoms with van der Waals surface area (Å²) in [5.41, 5.74) is 0. The summed E-state index contributed by atoms with van der Waals surface area (Å²) < 4.78 is 0. The summed E-state index contributed by atoms with van der Waals surface area (Å²) in [5, 5.41) is 9.49. The van der Waals surface area contributed by atoms with Gasteiger partial charge in [-0.2, -0.15) is 0 Å². The molecule has 1 heterocycles. The molecule has 0 aromatic carbocycles. The highest BCUT2D eigenvalue weighted by Crippen LogP contribution is 2.30. The number of hydrogen-bond donors (Lipinski definition) is 1. The molecule has 0 radical (unpaired) electrons. The number of aliphatic hydroxyl groups excluding tert-OH is 1. The van der Waals surface area contributed by atoms with E-state index in [1.807, 2.05) is 0 Å².